The second kappa shape index (κ2) is 10.4. The van der Waals surface area contributed by atoms with Crippen LogP contribution < -0.4 is 0 Å². The molecule has 0 aromatic heterocycles. The molecule has 0 saturated carbocycles. The lowest BCUT2D eigenvalue weighted by atomic mass is 10.1. The number of hydrogen-bond donors (Lipinski definition) is 0. The highest BCUT2D eigenvalue weighted by atomic mass is 16.5. The van der Waals surface area contributed by atoms with Crippen LogP contribution in [0.25, 0.3) is 0 Å². The first kappa shape index (κ1) is 14.9. The van der Waals surface area contributed by atoms with Crippen LogP contribution in [0.15, 0.2) is 0 Å². The van der Waals surface area contributed by atoms with Crippen LogP contribution in [-0.2, 0) is 4.74 Å². The highest BCUT2D eigenvalue weighted by Crippen LogP contribution is 2.07. The van der Waals surface area contributed by atoms with Crippen LogP contribution in [0.1, 0.15) is 47.0 Å². The van der Waals surface area contributed by atoms with Crippen molar-refractivity contribution in [3.63, 3.8) is 0 Å². The number of hydrogen-bond acceptors (Lipinski definition) is 2. The van der Waals surface area contributed by atoms with E-state index in [-0.39, 0.29) is 0 Å². The molecule has 0 aliphatic carbocycles. The van der Waals surface area contributed by atoms with Crippen LogP contribution >= 0.6 is 0 Å². The monoisotopic (exact) mass is 215 g/mol. The van der Waals surface area contributed by atoms with Crippen molar-refractivity contribution in [3.8, 4) is 0 Å². The van der Waals surface area contributed by atoms with E-state index in [4.69, 9.17) is 4.74 Å². The van der Waals surface area contributed by atoms with E-state index in [0.29, 0.717) is 5.92 Å². The molecule has 0 aromatic carbocycles. The Hall–Kier alpha value is -0.0800. The summed E-state index contributed by atoms with van der Waals surface area (Å²) in [7, 11) is 0. The summed E-state index contributed by atoms with van der Waals surface area (Å²) in [5.74, 6) is 0.668. The number of ether oxygens (including phenoxy) is 1. The van der Waals surface area contributed by atoms with Gasteiger partial charge in [0.05, 0.1) is 6.61 Å². The summed E-state index contributed by atoms with van der Waals surface area (Å²) in [6.45, 7) is 13.9. The molecule has 92 valence electrons. The number of rotatable bonds is 5. The van der Waals surface area contributed by atoms with Crippen molar-refractivity contribution < 1.29 is 4.74 Å². The number of nitrogens with zero attached hydrogens (tertiary/aromatic N) is 1. The van der Waals surface area contributed by atoms with Crippen LogP contribution in [0.3, 0.4) is 0 Å². The Labute approximate surface area is 96.0 Å². The summed E-state index contributed by atoms with van der Waals surface area (Å²) in [6.07, 6.45) is 4.18. The fourth-order valence-electron chi connectivity index (χ4n) is 1.70. The first-order valence-corrected chi connectivity index (χ1v) is 6.59. The van der Waals surface area contributed by atoms with E-state index in [1.165, 1.54) is 32.4 Å². The third-order valence-corrected chi connectivity index (χ3v) is 2.45. The average molecular weight is 215 g/mol. The van der Waals surface area contributed by atoms with E-state index >= 15 is 0 Å². The maximum absolute atomic E-state index is 5.56. The molecule has 2 heteroatoms. The van der Waals surface area contributed by atoms with Gasteiger partial charge in [-0.05, 0) is 31.8 Å². The summed E-state index contributed by atoms with van der Waals surface area (Å²) in [5.41, 5.74) is 0. The molecule has 1 fully saturated rings. The Morgan fingerprint density at radius 2 is 1.67 bits per heavy atom. The van der Waals surface area contributed by atoms with E-state index in [2.05, 4.69) is 18.7 Å². The minimum absolute atomic E-state index is 0.668. The van der Waals surface area contributed by atoms with Crippen molar-refractivity contribution in [2.45, 2.75) is 47.0 Å². The summed E-state index contributed by atoms with van der Waals surface area (Å²) in [5, 5.41) is 0. The van der Waals surface area contributed by atoms with Gasteiger partial charge in [-0.3, -0.25) is 0 Å². The molecular weight excluding hydrogens is 186 g/mol. The number of likely N-dealkylation sites (tertiary alicyclic amines) is 1. The van der Waals surface area contributed by atoms with E-state index in [0.717, 1.165) is 19.8 Å². The van der Waals surface area contributed by atoms with Gasteiger partial charge >= 0.3 is 0 Å². The molecule has 0 aromatic rings. The summed E-state index contributed by atoms with van der Waals surface area (Å²) in [6, 6.07) is 0. The third-order valence-electron chi connectivity index (χ3n) is 2.45. The van der Waals surface area contributed by atoms with Gasteiger partial charge in [0.25, 0.3) is 0 Å². The molecule has 2 nitrogen and oxygen atoms in total. The van der Waals surface area contributed by atoms with E-state index in [1.807, 2.05) is 13.8 Å². The summed E-state index contributed by atoms with van der Waals surface area (Å²) >= 11 is 0. The molecule has 0 amide bonds. The molecule has 0 unspecified atom stereocenters. The predicted octanol–water partition coefficient (Wildman–Crippen LogP) is 3.17. The van der Waals surface area contributed by atoms with E-state index < -0.39 is 0 Å². The molecule has 1 aliphatic rings. The number of piperidine rings is 1. The zero-order valence-electron chi connectivity index (χ0n) is 11.1. The molecule has 0 spiro atoms. The molecule has 0 bridgehead atoms. The second-order valence-corrected chi connectivity index (χ2v) is 4.37. The van der Waals surface area contributed by atoms with Crippen molar-refractivity contribution in [1.29, 1.82) is 0 Å². The molecule has 1 rings (SSSR count). The van der Waals surface area contributed by atoms with Crippen molar-refractivity contribution in [2.24, 2.45) is 5.92 Å². The molecule has 1 aliphatic heterocycles. The SMILES string of the molecule is CC.CC(C)COCCN1CCCCC1. The summed E-state index contributed by atoms with van der Waals surface area (Å²) in [4.78, 5) is 2.52. The van der Waals surface area contributed by atoms with Gasteiger partial charge in [-0.15, -0.1) is 0 Å². The molecule has 0 radical (unpaired) electrons. The van der Waals surface area contributed by atoms with Gasteiger partial charge in [-0.25, -0.2) is 0 Å². The van der Waals surface area contributed by atoms with E-state index in [1.54, 1.807) is 0 Å². The smallest absolute Gasteiger partial charge is 0.0593 e. The van der Waals surface area contributed by atoms with Gasteiger partial charge < -0.3 is 9.64 Å². The molecular formula is C13H29NO. The second-order valence-electron chi connectivity index (χ2n) is 4.37. The van der Waals surface area contributed by atoms with Crippen LogP contribution in [0.2, 0.25) is 0 Å². The molecule has 1 heterocycles. The van der Waals surface area contributed by atoms with Gasteiger partial charge in [-0.2, -0.15) is 0 Å². The predicted molar refractivity (Wildman–Crippen MR) is 67.3 cm³/mol. The Bertz CT molecular complexity index is 120. The van der Waals surface area contributed by atoms with Crippen molar-refractivity contribution in [1.82, 2.24) is 4.90 Å². The normalized spacial score (nSPS) is 17.4. The topological polar surface area (TPSA) is 12.5 Å². The quantitative estimate of drug-likeness (QED) is 0.653. The highest BCUT2D eigenvalue weighted by molar-refractivity contribution is 4.63. The van der Waals surface area contributed by atoms with Crippen LogP contribution in [-0.4, -0.2) is 37.7 Å². The maximum atomic E-state index is 5.56. The highest BCUT2D eigenvalue weighted by Gasteiger charge is 2.08. The maximum Gasteiger partial charge on any atom is 0.0593 e. The van der Waals surface area contributed by atoms with Crippen molar-refractivity contribution in [2.75, 3.05) is 32.8 Å². The molecule has 0 atom stereocenters. The Morgan fingerprint density at radius 1 is 1.07 bits per heavy atom. The minimum atomic E-state index is 0.668. The average Bonchev–Trinajstić information content (AvgIpc) is 2.28. The fourth-order valence-corrected chi connectivity index (χ4v) is 1.70. The van der Waals surface area contributed by atoms with Crippen LogP contribution in [0, 0.1) is 5.92 Å². The largest absolute Gasteiger partial charge is 0.380 e. The standard InChI is InChI=1S/C11H23NO.C2H6/c1-11(2)10-13-9-8-12-6-4-3-5-7-12;1-2/h11H,3-10H2,1-2H3;1-2H3. The first-order valence-electron chi connectivity index (χ1n) is 6.59. The molecule has 15 heavy (non-hydrogen) atoms. The van der Waals surface area contributed by atoms with Crippen molar-refractivity contribution in [3.05, 3.63) is 0 Å². The Kier molecular flexibility index (Phi) is 10.4. The first-order chi connectivity index (χ1) is 7.29. The van der Waals surface area contributed by atoms with Gasteiger partial charge in [0.2, 0.25) is 0 Å². The molecule has 1 saturated heterocycles. The Balaban J connectivity index is 0.000000921. The zero-order chi connectivity index (χ0) is 11.5. The van der Waals surface area contributed by atoms with Gasteiger partial charge in [0.1, 0.15) is 0 Å². The summed E-state index contributed by atoms with van der Waals surface area (Å²) < 4.78 is 5.56. The Morgan fingerprint density at radius 3 is 2.20 bits per heavy atom. The van der Waals surface area contributed by atoms with Crippen LogP contribution in [0.4, 0.5) is 0 Å². The lowest BCUT2D eigenvalue weighted by Gasteiger charge is -2.26. The lowest BCUT2D eigenvalue weighted by Crippen LogP contribution is -2.32. The van der Waals surface area contributed by atoms with Crippen molar-refractivity contribution >= 4 is 0 Å². The van der Waals surface area contributed by atoms with Gasteiger partial charge in [-0.1, -0.05) is 34.1 Å². The van der Waals surface area contributed by atoms with Gasteiger partial charge in [0.15, 0.2) is 0 Å². The minimum Gasteiger partial charge on any atom is -0.380 e. The third kappa shape index (κ3) is 8.88. The molecule has 0 N–H and O–H groups in total. The lowest BCUT2D eigenvalue weighted by molar-refractivity contribution is 0.0800. The zero-order valence-corrected chi connectivity index (χ0v) is 11.1. The fraction of sp³-hybridized carbons (Fsp3) is 1.00. The van der Waals surface area contributed by atoms with Gasteiger partial charge in [0, 0.05) is 13.2 Å². The van der Waals surface area contributed by atoms with E-state index in [9.17, 15) is 0 Å². The van der Waals surface area contributed by atoms with Crippen LogP contribution in [0.5, 0.6) is 0 Å².